The maximum absolute atomic E-state index is 6.07. The lowest BCUT2D eigenvalue weighted by molar-refractivity contribution is 0.677. The van der Waals surface area contributed by atoms with Gasteiger partial charge in [-0.1, -0.05) is 23.7 Å². The molecular formula is C17H18ClN3. The predicted octanol–water partition coefficient (Wildman–Crippen LogP) is 3.63. The molecule has 0 fully saturated rings. The number of fused-ring (bicyclic) bond motifs is 1. The molecule has 0 aliphatic carbocycles. The van der Waals surface area contributed by atoms with Gasteiger partial charge in [-0.05, 0) is 42.3 Å². The normalized spacial score (nSPS) is 11.1. The molecule has 0 spiro atoms. The van der Waals surface area contributed by atoms with Gasteiger partial charge in [-0.3, -0.25) is 0 Å². The third-order valence-corrected chi connectivity index (χ3v) is 3.70. The van der Waals surface area contributed by atoms with Crippen molar-refractivity contribution in [1.82, 2.24) is 14.7 Å². The summed E-state index contributed by atoms with van der Waals surface area (Å²) in [5.41, 5.74) is 4.64. The standard InChI is InChI=1S/C17H18ClN3/c1-13-8-14(10-15(18)9-13)11-19-6-5-16-12-20-17-4-2-3-7-21(16)17/h2-4,7-10,12,19H,5-6,11H2,1H3. The molecular weight excluding hydrogens is 282 g/mol. The summed E-state index contributed by atoms with van der Waals surface area (Å²) in [5.74, 6) is 0. The Labute approximate surface area is 129 Å². The summed E-state index contributed by atoms with van der Waals surface area (Å²) in [4.78, 5) is 4.40. The van der Waals surface area contributed by atoms with Gasteiger partial charge in [0.2, 0.25) is 0 Å². The number of nitrogens with zero attached hydrogens (tertiary/aromatic N) is 2. The SMILES string of the molecule is Cc1cc(Cl)cc(CNCCc2cnc3ccccn23)c1. The minimum Gasteiger partial charge on any atom is -0.312 e. The first-order valence-electron chi connectivity index (χ1n) is 7.10. The number of hydrogen-bond acceptors (Lipinski definition) is 2. The van der Waals surface area contributed by atoms with Crippen LogP contribution in [0.4, 0.5) is 0 Å². The third kappa shape index (κ3) is 3.43. The highest BCUT2D eigenvalue weighted by molar-refractivity contribution is 6.30. The number of imidazole rings is 1. The highest BCUT2D eigenvalue weighted by Crippen LogP contribution is 2.14. The van der Waals surface area contributed by atoms with Gasteiger partial charge in [-0.2, -0.15) is 0 Å². The molecule has 4 heteroatoms. The summed E-state index contributed by atoms with van der Waals surface area (Å²) in [7, 11) is 0. The fourth-order valence-corrected chi connectivity index (χ4v) is 2.85. The number of aryl methyl sites for hydroxylation is 1. The quantitative estimate of drug-likeness (QED) is 0.729. The van der Waals surface area contributed by atoms with Gasteiger partial charge < -0.3 is 9.72 Å². The van der Waals surface area contributed by atoms with Gasteiger partial charge in [0.1, 0.15) is 5.65 Å². The summed E-state index contributed by atoms with van der Waals surface area (Å²) < 4.78 is 2.13. The van der Waals surface area contributed by atoms with Gasteiger partial charge in [-0.25, -0.2) is 4.98 Å². The van der Waals surface area contributed by atoms with Crippen LogP contribution in [-0.2, 0) is 13.0 Å². The van der Waals surface area contributed by atoms with Crippen molar-refractivity contribution in [2.75, 3.05) is 6.54 Å². The molecule has 0 aliphatic rings. The highest BCUT2D eigenvalue weighted by Gasteiger charge is 2.02. The summed E-state index contributed by atoms with van der Waals surface area (Å²) in [6, 6.07) is 12.2. The van der Waals surface area contributed by atoms with Crippen molar-refractivity contribution < 1.29 is 0 Å². The number of hydrogen-bond donors (Lipinski definition) is 1. The lowest BCUT2D eigenvalue weighted by Crippen LogP contribution is -2.17. The fourth-order valence-electron chi connectivity index (χ4n) is 2.53. The van der Waals surface area contributed by atoms with Crippen LogP contribution in [0.5, 0.6) is 0 Å². The van der Waals surface area contributed by atoms with Crippen molar-refractivity contribution in [3.8, 4) is 0 Å². The predicted molar refractivity (Wildman–Crippen MR) is 86.8 cm³/mol. The molecule has 21 heavy (non-hydrogen) atoms. The smallest absolute Gasteiger partial charge is 0.136 e. The van der Waals surface area contributed by atoms with Gasteiger partial charge in [0.05, 0.1) is 0 Å². The zero-order valence-electron chi connectivity index (χ0n) is 12.0. The van der Waals surface area contributed by atoms with E-state index >= 15 is 0 Å². The summed E-state index contributed by atoms with van der Waals surface area (Å²) in [6.07, 6.45) is 4.95. The molecule has 0 radical (unpaired) electrons. The molecule has 3 nitrogen and oxygen atoms in total. The van der Waals surface area contributed by atoms with Crippen LogP contribution in [0, 0.1) is 6.92 Å². The second kappa shape index (κ2) is 6.29. The Hall–Kier alpha value is -1.84. The molecule has 3 rings (SSSR count). The van der Waals surface area contributed by atoms with E-state index < -0.39 is 0 Å². The highest BCUT2D eigenvalue weighted by atomic mass is 35.5. The van der Waals surface area contributed by atoms with Gasteiger partial charge in [-0.15, -0.1) is 0 Å². The zero-order valence-corrected chi connectivity index (χ0v) is 12.8. The van der Waals surface area contributed by atoms with Crippen LogP contribution in [0.25, 0.3) is 5.65 Å². The second-order valence-electron chi connectivity index (χ2n) is 5.24. The molecule has 0 atom stereocenters. The average Bonchev–Trinajstić information content (AvgIpc) is 2.86. The number of halogens is 1. The fraction of sp³-hybridized carbons (Fsp3) is 0.235. The van der Waals surface area contributed by atoms with E-state index in [2.05, 4.69) is 33.9 Å². The van der Waals surface area contributed by atoms with Crippen LogP contribution < -0.4 is 5.32 Å². The Morgan fingerprint density at radius 2 is 2.14 bits per heavy atom. The van der Waals surface area contributed by atoms with E-state index in [1.54, 1.807) is 0 Å². The van der Waals surface area contributed by atoms with E-state index in [9.17, 15) is 0 Å². The van der Waals surface area contributed by atoms with Gasteiger partial charge in [0.25, 0.3) is 0 Å². The Bertz CT molecular complexity index is 728. The Morgan fingerprint density at radius 3 is 3.00 bits per heavy atom. The largest absolute Gasteiger partial charge is 0.312 e. The minimum atomic E-state index is 0.800. The van der Waals surface area contributed by atoms with Crippen molar-refractivity contribution in [2.24, 2.45) is 0 Å². The molecule has 0 amide bonds. The van der Waals surface area contributed by atoms with E-state index in [0.29, 0.717) is 0 Å². The summed E-state index contributed by atoms with van der Waals surface area (Å²) in [5, 5.41) is 4.26. The third-order valence-electron chi connectivity index (χ3n) is 3.48. The van der Waals surface area contributed by atoms with E-state index in [4.69, 9.17) is 11.6 Å². The molecule has 0 unspecified atom stereocenters. The van der Waals surface area contributed by atoms with E-state index in [0.717, 1.165) is 30.2 Å². The van der Waals surface area contributed by atoms with Gasteiger partial charge >= 0.3 is 0 Å². The number of pyridine rings is 1. The van der Waals surface area contributed by atoms with E-state index in [1.807, 2.05) is 36.5 Å². The monoisotopic (exact) mass is 299 g/mol. The van der Waals surface area contributed by atoms with Crippen molar-refractivity contribution in [2.45, 2.75) is 19.9 Å². The van der Waals surface area contributed by atoms with Crippen LogP contribution >= 0.6 is 11.6 Å². The maximum Gasteiger partial charge on any atom is 0.136 e. The van der Waals surface area contributed by atoms with Crippen molar-refractivity contribution in [3.63, 3.8) is 0 Å². The number of nitrogens with one attached hydrogen (secondary N) is 1. The molecule has 2 aromatic heterocycles. The van der Waals surface area contributed by atoms with Crippen LogP contribution in [0.2, 0.25) is 5.02 Å². The molecule has 0 aliphatic heterocycles. The number of benzene rings is 1. The molecule has 0 saturated carbocycles. The van der Waals surface area contributed by atoms with E-state index in [1.165, 1.54) is 16.8 Å². The topological polar surface area (TPSA) is 29.3 Å². The Balaban J connectivity index is 1.56. The van der Waals surface area contributed by atoms with E-state index in [-0.39, 0.29) is 0 Å². The molecule has 2 heterocycles. The molecule has 1 N–H and O–H groups in total. The Kier molecular flexibility index (Phi) is 4.23. The molecule has 108 valence electrons. The lowest BCUT2D eigenvalue weighted by atomic mass is 10.1. The molecule has 0 saturated heterocycles. The van der Waals surface area contributed by atoms with Crippen LogP contribution in [0.3, 0.4) is 0 Å². The zero-order chi connectivity index (χ0) is 14.7. The first-order valence-corrected chi connectivity index (χ1v) is 7.48. The minimum absolute atomic E-state index is 0.800. The summed E-state index contributed by atoms with van der Waals surface area (Å²) in [6.45, 7) is 3.81. The molecule has 3 aromatic rings. The first-order chi connectivity index (χ1) is 10.2. The van der Waals surface area contributed by atoms with Crippen molar-refractivity contribution >= 4 is 17.2 Å². The first kappa shape index (κ1) is 14.1. The van der Waals surface area contributed by atoms with Gasteiger partial charge in [0, 0.05) is 42.6 Å². The molecule has 1 aromatic carbocycles. The van der Waals surface area contributed by atoms with Crippen molar-refractivity contribution in [1.29, 1.82) is 0 Å². The second-order valence-corrected chi connectivity index (χ2v) is 5.68. The Morgan fingerprint density at radius 1 is 1.24 bits per heavy atom. The van der Waals surface area contributed by atoms with Gasteiger partial charge in [0.15, 0.2) is 0 Å². The van der Waals surface area contributed by atoms with Crippen LogP contribution in [-0.4, -0.2) is 15.9 Å². The molecule has 0 bridgehead atoms. The lowest BCUT2D eigenvalue weighted by Gasteiger charge is -2.07. The number of rotatable bonds is 5. The number of aromatic nitrogens is 2. The van der Waals surface area contributed by atoms with Crippen molar-refractivity contribution in [3.05, 3.63) is 70.6 Å². The van der Waals surface area contributed by atoms with Crippen LogP contribution in [0.15, 0.2) is 48.8 Å². The van der Waals surface area contributed by atoms with Crippen LogP contribution in [0.1, 0.15) is 16.8 Å². The summed E-state index contributed by atoms with van der Waals surface area (Å²) >= 11 is 6.07. The average molecular weight is 300 g/mol. The maximum atomic E-state index is 6.07.